The molecule has 0 fully saturated rings. The standard InChI is InChI=1S/C15H17N3O4S/c1-8-12(14(20)21-2)13(18-15(23)17-8)9-3-5-10(6-4-9)22-7-11(16)19/h3-6,13H,7H2,1-2H3,(H2,16,19)(H2,17,18,23). The number of hydrogen-bond acceptors (Lipinski definition) is 5. The SMILES string of the molecule is COC(=O)C1=C(C)NC(=S)NC1c1ccc(OCC(N)=O)cc1. The Morgan fingerprint density at radius 2 is 1.96 bits per heavy atom. The molecule has 0 bridgehead atoms. The van der Waals surface area contributed by atoms with Gasteiger partial charge >= 0.3 is 5.97 Å². The summed E-state index contributed by atoms with van der Waals surface area (Å²) < 4.78 is 10.1. The van der Waals surface area contributed by atoms with Crippen molar-refractivity contribution >= 4 is 29.2 Å². The highest BCUT2D eigenvalue weighted by Gasteiger charge is 2.30. The Labute approximate surface area is 138 Å². The van der Waals surface area contributed by atoms with Gasteiger partial charge in [0.05, 0.1) is 18.7 Å². The quantitative estimate of drug-likeness (QED) is 0.532. The van der Waals surface area contributed by atoms with Crippen LogP contribution in [0.15, 0.2) is 35.5 Å². The molecule has 1 atom stereocenters. The van der Waals surface area contributed by atoms with Crippen LogP contribution in [-0.4, -0.2) is 30.7 Å². The second kappa shape index (κ2) is 7.10. The summed E-state index contributed by atoms with van der Waals surface area (Å²) in [6.45, 7) is 1.57. The fourth-order valence-corrected chi connectivity index (χ4v) is 2.51. The van der Waals surface area contributed by atoms with E-state index in [1.54, 1.807) is 31.2 Å². The van der Waals surface area contributed by atoms with Crippen LogP contribution in [0, 0.1) is 0 Å². The van der Waals surface area contributed by atoms with Gasteiger partial charge in [0.1, 0.15) is 5.75 Å². The normalized spacial score (nSPS) is 17.1. The van der Waals surface area contributed by atoms with Crippen molar-refractivity contribution in [1.82, 2.24) is 10.6 Å². The van der Waals surface area contributed by atoms with Crippen molar-refractivity contribution in [2.24, 2.45) is 5.73 Å². The molecule has 122 valence electrons. The molecule has 0 saturated carbocycles. The first-order valence-corrected chi connectivity index (χ1v) is 7.21. The van der Waals surface area contributed by atoms with Gasteiger partial charge < -0.3 is 25.8 Å². The molecular weight excluding hydrogens is 318 g/mol. The maximum absolute atomic E-state index is 12.0. The lowest BCUT2D eigenvalue weighted by Crippen LogP contribution is -2.45. The monoisotopic (exact) mass is 335 g/mol. The first kappa shape index (κ1) is 16.8. The number of thiocarbonyl (C=S) groups is 1. The van der Waals surface area contributed by atoms with Crippen LogP contribution in [0.1, 0.15) is 18.5 Å². The molecule has 1 aromatic rings. The molecule has 0 saturated heterocycles. The van der Waals surface area contributed by atoms with Crippen molar-refractivity contribution in [3.05, 3.63) is 41.1 Å². The molecule has 0 aliphatic carbocycles. The maximum Gasteiger partial charge on any atom is 0.337 e. The van der Waals surface area contributed by atoms with Gasteiger partial charge in [-0.1, -0.05) is 12.1 Å². The van der Waals surface area contributed by atoms with Crippen LogP contribution in [0.5, 0.6) is 5.75 Å². The number of rotatable bonds is 5. The van der Waals surface area contributed by atoms with Gasteiger partial charge in [-0.15, -0.1) is 0 Å². The minimum absolute atomic E-state index is 0.193. The molecule has 0 aromatic heterocycles. The van der Waals surface area contributed by atoms with E-state index in [0.717, 1.165) is 5.56 Å². The molecule has 1 aliphatic heterocycles. The number of carbonyl (C=O) groups is 2. The highest BCUT2D eigenvalue weighted by molar-refractivity contribution is 7.80. The Hall–Kier alpha value is -2.61. The Morgan fingerprint density at radius 3 is 2.52 bits per heavy atom. The fraction of sp³-hybridized carbons (Fsp3) is 0.267. The number of benzene rings is 1. The summed E-state index contributed by atoms with van der Waals surface area (Å²) in [6, 6.07) is 6.50. The van der Waals surface area contributed by atoms with Crippen LogP contribution in [0.3, 0.4) is 0 Å². The fourth-order valence-electron chi connectivity index (χ4n) is 2.24. The number of nitrogens with two attached hydrogens (primary N) is 1. The molecule has 4 N–H and O–H groups in total. The van der Waals surface area contributed by atoms with E-state index in [4.69, 9.17) is 27.4 Å². The number of ether oxygens (including phenoxy) is 2. The van der Waals surface area contributed by atoms with Crippen LogP contribution >= 0.6 is 12.2 Å². The lowest BCUT2D eigenvalue weighted by atomic mass is 9.95. The number of carbonyl (C=O) groups excluding carboxylic acids is 2. The van der Waals surface area contributed by atoms with Crippen molar-refractivity contribution in [2.45, 2.75) is 13.0 Å². The molecule has 1 aliphatic rings. The molecule has 8 heteroatoms. The zero-order valence-corrected chi connectivity index (χ0v) is 13.5. The Bertz CT molecular complexity index is 670. The molecule has 23 heavy (non-hydrogen) atoms. The molecular formula is C15H17N3O4S. The van der Waals surface area contributed by atoms with Crippen LogP contribution in [0.4, 0.5) is 0 Å². The van der Waals surface area contributed by atoms with Crippen molar-refractivity contribution in [1.29, 1.82) is 0 Å². The number of allylic oxidation sites excluding steroid dienone is 1. The van der Waals surface area contributed by atoms with E-state index >= 15 is 0 Å². The first-order valence-electron chi connectivity index (χ1n) is 6.80. The number of amides is 1. The molecule has 2 rings (SSSR count). The summed E-state index contributed by atoms with van der Waals surface area (Å²) in [4.78, 5) is 22.8. The van der Waals surface area contributed by atoms with E-state index in [1.807, 2.05) is 0 Å². The average Bonchev–Trinajstić information content (AvgIpc) is 2.52. The van der Waals surface area contributed by atoms with E-state index in [9.17, 15) is 9.59 Å². The smallest absolute Gasteiger partial charge is 0.337 e. The zero-order chi connectivity index (χ0) is 17.0. The Balaban J connectivity index is 2.27. The van der Waals surface area contributed by atoms with E-state index in [0.29, 0.717) is 22.1 Å². The number of esters is 1. The first-order chi connectivity index (χ1) is 10.9. The summed E-state index contributed by atoms with van der Waals surface area (Å²) in [5, 5.41) is 6.38. The number of primary amides is 1. The number of hydrogen-bond donors (Lipinski definition) is 3. The van der Waals surface area contributed by atoms with Gasteiger partial charge in [0.15, 0.2) is 11.7 Å². The van der Waals surface area contributed by atoms with Crippen LogP contribution < -0.4 is 21.1 Å². The minimum Gasteiger partial charge on any atom is -0.484 e. The highest BCUT2D eigenvalue weighted by atomic mass is 32.1. The molecule has 0 spiro atoms. The molecule has 1 unspecified atom stereocenters. The summed E-state index contributed by atoms with van der Waals surface area (Å²) in [5.41, 5.74) is 6.93. The highest BCUT2D eigenvalue weighted by Crippen LogP contribution is 2.28. The predicted molar refractivity (Wildman–Crippen MR) is 87.5 cm³/mol. The summed E-state index contributed by atoms with van der Waals surface area (Å²) in [7, 11) is 1.33. The van der Waals surface area contributed by atoms with Crippen molar-refractivity contribution in [2.75, 3.05) is 13.7 Å². The van der Waals surface area contributed by atoms with E-state index in [-0.39, 0.29) is 6.61 Å². The molecule has 1 aromatic carbocycles. The van der Waals surface area contributed by atoms with Crippen LogP contribution in [-0.2, 0) is 14.3 Å². The van der Waals surface area contributed by atoms with Crippen LogP contribution in [0.25, 0.3) is 0 Å². The zero-order valence-electron chi connectivity index (χ0n) is 12.7. The third-order valence-electron chi connectivity index (χ3n) is 3.27. The van der Waals surface area contributed by atoms with E-state index in [2.05, 4.69) is 10.6 Å². The van der Waals surface area contributed by atoms with E-state index < -0.39 is 17.9 Å². The Morgan fingerprint density at radius 1 is 1.30 bits per heavy atom. The van der Waals surface area contributed by atoms with Gasteiger partial charge in [0.25, 0.3) is 5.91 Å². The number of methoxy groups -OCH3 is 1. The lowest BCUT2D eigenvalue weighted by molar-refractivity contribution is -0.136. The van der Waals surface area contributed by atoms with Crippen molar-refractivity contribution in [3.63, 3.8) is 0 Å². The van der Waals surface area contributed by atoms with Gasteiger partial charge in [-0.25, -0.2) is 4.79 Å². The third-order valence-corrected chi connectivity index (χ3v) is 3.49. The van der Waals surface area contributed by atoms with Gasteiger partial charge in [0.2, 0.25) is 0 Å². The molecule has 1 amide bonds. The topological polar surface area (TPSA) is 103 Å². The lowest BCUT2D eigenvalue weighted by Gasteiger charge is -2.29. The summed E-state index contributed by atoms with van der Waals surface area (Å²) in [6.07, 6.45) is 0. The predicted octanol–water partition coefficient (Wildman–Crippen LogP) is 0.516. The molecule has 0 radical (unpaired) electrons. The van der Waals surface area contributed by atoms with Crippen LogP contribution in [0.2, 0.25) is 0 Å². The second-order valence-corrected chi connectivity index (χ2v) is 5.29. The molecule has 1 heterocycles. The number of nitrogens with one attached hydrogen (secondary N) is 2. The van der Waals surface area contributed by atoms with Gasteiger partial charge in [-0.05, 0) is 36.8 Å². The van der Waals surface area contributed by atoms with Gasteiger partial charge in [-0.2, -0.15) is 0 Å². The van der Waals surface area contributed by atoms with Gasteiger partial charge in [-0.3, -0.25) is 4.79 Å². The molecule has 7 nitrogen and oxygen atoms in total. The largest absolute Gasteiger partial charge is 0.484 e. The summed E-state index contributed by atoms with van der Waals surface area (Å²) in [5.74, 6) is -0.487. The minimum atomic E-state index is -0.550. The summed E-state index contributed by atoms with van der Waals surface area (Å²) >= 11 is 5.15. The third kappa shape index (κ3) is 3.98. The van der Waals surface area contributed by atoms with Crippen molar-refractivity contribution < 1.29 is 19.1 Å². The average molecular weight is 335 g/mol. The Kier molecular flexibility index (Phi) is 5.17. The van der Waals surface area contributed by atoms with Gasteiger partial charge in [0, 0.05) is 5.70 Å². The van der Waals surface area contributed by atoms with Crippen molar-refractivity contribution in [3.8, 4) is 5.75 Å². The van der Waals surface area contributed by atoms with E-state index in [1.165, 1.54) is 7.11 Å². The second-order valence-electron chi connectivity index (χ2n) is 4.89. The maximum atomic E-state index is 12.0.